The van der Waals surface area contributed by atoms with Crippen LogP contribution in [0.25, 0.3) is 0 Å². The lowest BCUT2D eigenvalue weighted by Gasteiger charge is -2.03. The molecule has 1 aromatic rings. The van der Waals surface area contributed by atoms with Gasteiger partial charge < -0.3 is 5.43 Å². The van der Waals surface area contributed by atoms with E-state index in [1.165, 1.54) is 0 Å². The Hall–Kier alpha value is 0.0900. The number of rotatable bonds is 3. The van der Waals surface area contributed by atoms with Crippen molar-refractivity contribution in [1.29, 1.82) is 0 Å². The average Bonchev–Trinajstić information content (AvgIpc) is 2.47. The number of hydrogen-bond donors (Lipinski definition) is 2. The molecule has 0 aliphatic carbocycles. The summed E-state index contributed by atoms with van der Waals surface area (Å²) in [6, 6.07) is 1.99. The number of aliphatic imine (C=N–C) groups is 1. The lowest BCUT2D eigenvalue weighted by molar-refractivity contribution is 0.908. The van der Waals surface area contributed by atoms with Crippen molar-refractivity contribution in [3.8, 4) is 0 Å². The first-order chi connectivity index (χ1) is 6.69. The first-order valence-corrected chi connectivity index (χ1v) is 6.55. The highest BCUT2D eigenvalue weighted by atomic mass is 79.9. The van der Waals surface area contributed by atoms with Gasteiger partial charge in [0.2, 0.25) is 0 Å². The fraction of sp³-hybridized carbons (Fsp3) is 0.375. The Kier molecular flexibility index (Phi) is 5.08. The molecule has 0 spiro atoms. The second-order valence-electron chi connectivity index (χ2n) is 2.61. The Morgan fingerprint density at radius 3 is 2.79 bits per heavy atom. The van der Waals surface area contributed by atoms with E-state index in [2.05, 4.69) is 49.2 Å². The third kappa shape index (κ3) is 3.05. The van der Waals surface area contributed by atoms with E-state index in [1.54, 1.807) is 11.3 Å². The van der Waals surface area contributed by atoms with E-state index in [0.717, 1.165) is 31.9 Å². The summed E-state index contributed by atoms with van der Waals surface area (Å²) in [4.78, 5) is 4.34. The molecule has 78 valence electrons. The Bertz CT molecular complexity index is 335. The van der Waals surface area contributed by atoms with Crippen LogP contribution in [0.4, 0.5) is 0 Å². The number of halogens is 2. The summed E-state index contributed by atoms with van der Waals surface area (Å²) in [6.07, 6.45) is 1.01. The van der Waals surface area contributed by atoms with Crippen molar-refractivity contribution < 1.29 is 0 Å². The minimum absolute atomic E-state index is 0.723. The summed E-state index contributed by atoms with van der Waals surface area (Å²) in [6.45, 7) is 2.86. The standard InChI is InChI=1S/C8H11Br2N3S/c1-2-3-12-8(13-11)5-4-6(9)14-7(5)10/h4H,2-3,11H2,1H3,(H,12,13). The van der Waals surface area contributed by atoms with E-state index in [4.69, 9.17) is 5.84 Å². The van der Waals surface area contributed by atoms with Gasteiger partial charge in [-0.2, -0.15) is 0 Å². The van der Waals surface area contributed by atoms with Crippen LogP contribution in [-0.4, -0.2) is 12.4 Å². The van der Waals surface area contributed by atoms with Crippen LogP contribution in [0.5, 0.6) is 0 Å². The van der Waals surface area contributed by atoms with Crippen molar-refractivity contribution in [3.05, 3.63) is 19.2 Å². The highest BCUT2D eigenvalue weighted by Crippen LogP contribution is 2.31. The SMILES string of the molecule is CCCN=C(NN)c1cc(Br)sc1Br. The Morgan fingerprint density at radius 1 is 1.64 bits per heavy atom. The van der Waals surface area contributed by atoms with Crippen LogP contribution in [0.3, 0.4) is 0 Å². The molecule has 0 unspecified atom stereocenters. The van der Waals surface area contributed by atoms with Crippen LogP contribution in [-0.2, 0) is 0 Å². The second kappa shape index (κ2) is 5.85. The summed E-state index contributed by atoms with van der Waals surface area (Å²) < 4.78 is 2.08. The third-order valence-corrected chi connectivity index (χ3v) is 3.88. The number of nitrogens with one attached hydrogen (secondary N) is 1. The molecule has 0 aliphatic heterocycles. The van der Waals surface area contributed by atoms with Gasteiger partial charge in [0.05, 0.1) is 7.57 Å². The Morgan fingerprint density at radius 2 is 2.36 bits per heavy atom. The molecule has 0 bridgehead atoms. The normalized spacial score (nSPS) is 11.9. The summed E-state index contributed by atoms with van der Waals surface area (Å²) in [5, 5.41) is 0. The molecule has 3 nitrogen and oxygen atoms in total. The third-order valence-electron chi connectivity index (χ3n) is 1.54. The number of nitrogens with zero attached hydrogens (tertiary/aromatic N) is 1. The minimum atomic E-state index is 0.723. The molecule has 0 fully saturated rings. The van der Waals surface area contributed by atoms with Crippen LogP contribution in [0.2, 0.25) is 0 Å². The van der Waals surface area contributed by atoms with Gasteiger partial charge in [0.1, 0.15) is 5.84 Å². The monoisotopic (exact) mass is 339 g/mol. The lowest BCUT2D eigenvalue weighted by atomic mass is 10.3. The first-order valence-electron chi connectivity index (χ1n) is 4.15. The van der Waals surface area contributed by atoms with E-state index >= 15 is 0 Å². The van der Waals surface area contributed by atoms with E-state index < -0.39 is 0 Å². The van der Waals surface area contributed by atoms with Crippen molar-refractivity contribution in [2.75, 3.05) is 6.54 Å². The molecule has 0 amide bonds. The van der Waals surface area contributed by atoms with Gasteiger partial charge in [-0.1, -0.05) is 6.92 Å². The number of thiophene rings is 1. The smallest absolute Gasteiger partial charge is 0.144 e. The van der Waals surface area contributed by atoms with Gasteiger partial charge in [-0.05, 0) is 44.3 Å². The molecule has 1 aromatic heterocycles. The van der Waals surface area contributed by atoms with Gasteiger partial charge in [-0.3, -0.25) is 4.99 Å². The molecule has 0 aliphatic rings. The van der Waals surface area contributed by atoms with E-state index in [1.807, 2.05) is 6.07 Å². The van der Waals surface area contributed by atoms with Crippen LogP contribution in [0, 0.1) is 0 Å². The van der Waals surface area contributed by atoms with Crippen LogP contribution < -0.4 is 11.3 Å². The first kappa shape index (κ1) is 12.2. The van der Waals surface area contributed by atoms with E-state index in [0.29, 0.717) is 0 Å². The Balaban J connectivity index is 2.94. The number of nitrogens with two attached hydrogens (primary N) is 1. The highest BCUT2D eigenvalue weighted by molar-refractivity contribution is 9.12. The molecule has 6 heteroatoms. The topological polar surface area (TPSA) is 50.4 Å². The maximum atomic E-state index is 5.41. The fourth-order valence-electron chi connectivity index (χ4n) is 0.934. The molecule has 0 radical (unpaired) electrons. The minimum Gasteiger partial charge on any atom is -0.308 e. The predicted octanol–water partition coefficient (Wildman–Crippen LogP) is 2.89. The molecule has 3 N–H and O–H groups in total. The lowest BCUT2D eigenvalue weighted by Crippen LogP contribution is -2.31. The van der Waals surface area contributed by atoms with Crippen molar-refractivity contribution in [2.24, 2.45) is 10.8 Å². The molecule has 0 saturated carbocycles. The van der Waals surface area contributed by atoms with Gasteiger partial charge in [0.25, 0.3) is 0 Å². The van der Waals surface area contributed by atoms with Gasteiger partial charge >= 0.3 is 0 Å². The second-order valence-corrected chi connectivity index (χ2v) is 6.36. The molecule has 0 saturated heterocycles. The van der Waals surface area contributed by atoms with Crippen molar-refractivity contribution in [3.63, 3.8) is 0 Å². The highest BCUT2D eigenvalue weighted by Gasteiger charge is 2.10. The summed E-state index contributed by atoms with van der Waals surface area (Å²) in [5.74, 6) is 6.13. The number of hydrazine groups is 1. The summed E-state index contributed by atoms with van der Waals surface area (Å²) in [5.41, 5.74) is 3.61. The maximum Gasteiger partial charge on any atom is 0.144 e. The quantitative estimate of drug-likeness (QED) is 0.384. The molecule has 1 heterocycles. The zero-order valence-electron chi connectivity index (χ0n) is 7.68. The van der Waals surface area contributed by atoms with Crippen LogP contribution in [0.15, 0.2) is 18.6 Å². The molecule has 0 atom stereocenters. The zero-order chi connectivity index (χ0) is 10.6. The summed E-state index contributed by atoms with van der Waals surface area (Å²) in [7, 11) is 0. The molecule has 1 rings (SSSR count). The van der Waals surface area contributed by atoms with E-state index in [-0.39, 0.29) is 0 Å². The maximum absolute atomic E-state index is 5.41. The average molecular weight is 341 g/mol. The van der Waals surface area contributed by atoms with Crippen molar-refractivity contribution >= 4 is 49.0 Å². The number of amidine groups is 1. The van der Waals surface area contributed by atoms with Gasteiger partial charge in [0, 0.05) is 12.1 Å². The molecular formula is C8H11Br2N3S. The molecule has 0 aromatic carbocycles. The van der Waals surface area contributed by atoms with E-state index in [9.17, 15) is 0 Å². The predicted molar refractivity (Wildman–Crippen MR) is 68.7 cm³/mol. The van der Waals surface area contributed by atoms with Gasteiger partial charge in [-0.15, -0.1) is 11.3 Å². The van der Waals surface area contributed by atoms with Crippen LogP contribution >= 0.6 is 43.2 Å². The van der Waals surface area contributed by atoms with Crippen LogP contribution in [0.1, 0.15) is 18.9 Å². The van der Waals surface area contributed by atoms with Crippen molar-refractivity contribution in [1.82, 2.24) is 5.43 Å². The van der Waals surface area contributed by atoms with Gasteiger partial charge in [0.15, 0.2) is 0 Å². The number of hydrogen-bond acceptors (Lipinski definition) is 3. The molecular weight excluding hydrogens is 330 g/mol. The van der Waals surface area contributed by atoms with Gasteiger partial charge in [-0.25, -0.2) is 5.84 Å². The summed E-state index contributed by atoms with van der Waals surface area (Å²) >= 11 is 8.48. The fourth-order valence-corrected chi connectivity index (χ4v) is 3.74. The zero-order valence-corrected chi connectivity index (χ0v) is 11.7. The van der Waals surface area contributed by atoms with Crippen molar-refractivity contribution in [2.45, 2.75) is 13.3 Å². The molecule has 14 heavy (non-hydrogen) atoms. The Labute approximate surface area is 104 Å². The largest absolute Gasteiger partial charge is 0.308 e.